The van der Waals surface area contributed by atoms with Gasteiger partial charge in [0, 0.05) is 6.42 Å². The molecule has 0 aromatic rings. The van der Waals surface area contributed by atoms with E-state index in [0.717, 1.165) is 31.6 Å². The van der Waals surface area contributed by atoms with E-state index in [0.29, 0.717) is 13.0 Å². The second-order valence-electron chi connectivity index (χ2n) is 7.04. The molecule has 0 saturated carbocycles. The van der Waals surface area contributed by atoms with Gasteiger partial charge in [-0.25, -0.2) is 0 Å². The van der Waals surface area contributed by atoms with Crippen LogP contribution in [0, 0.1) is 5.92 Å². The van der Waals surface area contributed by atoms with Crippen molar-refractivity contribution in [1.82, 2.24) is 0 Å². The van der Waals surface area contributed by atoms with E-state index in [4.69, 9.17) is 4.74 Å². The highest BCUT2D eigenvalue weighted by Crippen LogP contribution is 2.13. The summed E-state index contributed by atoms with van der Waals surface area (Å²) in [6.45, 7) is 7.39. The molecule has 132 valence electrons. The van der Waals surface area contributed by atoms with E-state index >= 15 is 0 Å². The molecule has 0 spiro atoms. The predicted octanol–water partition coefficient (Wildman–Crippen LogP) is 6.67. The molecule has 0 N–H and O–H groups in total. The molecule has 0 aromatic carbocycles. The summed E-state index contributed by atoms with van der Waals surface area (Å²) in [5.41, 5.74) is 0. The van der Waals surface area contributed by atoms with Crippen LogP contribution in [0.5, 0.6) is 0 Å². The highest BCUT2D eigenvalue weighted by molar-refractivity contribution is 5.69. The summed E-state index contributed by atoms with van der Waals surface area (Å²) in [4.78, 5) is 11.4. The molecule has 0 atom stereocenters. The van der Waals surface area contributed by atoms with Crippen LogP contribution in [0.15, 0.2) is 0 Å². The van der Waals surface area contributed by atoms with Gasteiger partial charge in [0.25, 0.3) is 0 Å². The first kappa shape index (κ1) is 21.5. The first-order valence-electron chi connectivity index (χ1n) is 9.82. The molecular formula is C20H40O2. The van der Waals surface area contributed by atoms with Crippen LogP contribution < -0.4 is 0 Å². The zero-order valence-electron chi connectivity index (χ0n) is 15.5. The fourth-order valence-electron chi connectivity index (χ4n) is 2.67. The Labute approximate surface area is 139 Å². The molecule has 0 heterocycles. The summed E-state index contributed by atoms with van der Waals surface area (Å²) in [6, 6.07) is 0. The summed E-state index contributed by atoms with van der Waals surface area (Å²) in [5.74, 6) is 0.857. The van der Waals surface area contributed by atoms with Gasteiger partial charge in [-0.15, -0.1) is 0 Å². The summed E-state index contributed by atoms with van der Waals surface area (Å²) in [7, 11) is 0. The summed E-state index contributed by atoms with van der Waals surface area (Å²) in [6.07, 6.45) is 17.1. The van der Waals surface area contributed by atoms with Gasteiger partial charge in [-0.05, 0) is 18.8 Å². The SMILES string of the molecule is CCCCCC(=O)OCCCCCCCCCCCC(C)C. The number of hydrogen-bond donors (Lipinski definition) is 0. The molecule has 0 aliphatic heterocycles. The third-order valence-corrected chi connectivity index (χ3v) is 4.17. The zero-order chi connectivity index (χ0) is 16.5. The molecule has 0 radical (unpaired) electrons. The van der Waals surface area contributed by atoms with Crippen LogP contribution in [0.3, 0.4) is 0 Å². The van der Waals surface area contributed by atoms with Crippen LogP contribution in [0.2, 0.25) is 0 Å². The van der Waals surface area contributed by atoms with Gasteiger partial charge >= 0.3 is 5.97 Å². The molecule has 0 amide bonds. The van der Waals surface area contributed by atoms with E-state index in [1.165, 1.54) is 57.8 Å². The lowest BCUT2D eigenvalue weighted by Gasteiger charge is -2.05. The van der Waals surface area contributed by atoms with E-state index in [1.54, 1.807) is 0 Å². The fraction of sp³-hybridized carbons (Fsp3) is 0.950. The highest BCUT2D eigenvalue weighted by atomic mass is 16.5. The van der Waals surface area contributed by atoms with Crippen molar-refractivity contribution in [3.8, 4) is 0 Å². The minimum absolute atomic E-state index is 0.00477. The number of ether oxygens (including phenoxy) is 1. The van der Waals surface area contributed by atoms with Gasteiger partial charge in [-0.3, -0.25) is 4.79 Å². The zero-order valence-corrected chi connectivity index (χ0v) is 15.5. The number of unbranched alkanes of at least 4 members (excludes halogenated alkanes) is 10. The van der Waals surface area contributed by atoms with Crippen LogP contribution >= 0.6 is 0 Å². The Morgan fingerprint density at radius 3 is 1.86 bits per heavy atom. The standard InChI is InChI=1S/C20H40O2/c1-4-5-13-17-20(21)22-18-15-12-10-8-6-7-9-11-14-16-19(2)3/h19H,4-18H2,1-3H3. The number of carbonyl (C=O) groups excluding carboxylic acids is 1. The average Bonchev–Trinajstić information content (AvgIpc) is 2.48. The average molecular weight is 313 g/mol. The van der Waals surface area contributed by atoms with E-state index in [1.807, 2.05) is 0 Å². The van der Waals surface area contributed by atoms with E-state index < -0.39 is 0 Å². The van der Waals surface area contributed by atoms with Crippen molar-refractivity contribution in [3.63, 3.8) is 0 Å². The monoisotopic (exact) mass is 312 g/mol. The lowest BCUT2D eigenvalue weighted by atomic mass is 10.0. The Morgan fingerprint density at radius 1 is 0.773 bits per heavy atom. The van der Waals surface area contributed by atoms with Crippen molar-refractivity contribution in [3.05, 3.63) is 0 Å². The third kappa shape index (κ3) is 17.5. The molecule has 2 heteroatoms. The van der Waals surface area contributed by atoms with Crippen molar-refractivity contribution in [2.45, 2.75) is 111 Å². The van der Waals surface area contributed by atoms with Crippen molar-refractivity contribution >= 4 is 5.97 Å². The minimum Gasteiger partial charge on any atom is -0.466 e. The Bertz CT molecular complexity index is 236. The van der Waals surface area contributed by atoms with E-state index in [-0.39, 0.29) is 5.97 Å². The van der Waals surface area contributed by atoms with Gasteiger partial charge in [0.2, 0.25) is 0 Å². The predicted molar refractivity (Wildman–Crippen MR) is 96.1 cm³/mol. The molecule has 0 saturated heterocycles. The largest absolute Gasteiger partial charge is 0.466 e. The van der Waals surface area contributed by atoms with Crippen molar-refractivity contribution in [1.29, 1.82) is 0 Å². The second kappa shape index (κ2) is 16.8. The van der Waals surface area contributed by atoms with Crippen molar-refractivity contribution < 1.29 is 9.53 Å². The van der Waals surface area contributed by atoms with E-state index in [2.05, 4.69) is 20.8 Å². The van der Waals surface area contributed by atoms with Crippen LogP contribution in [-0.4, -0.2) is 12.6 Å². The summed E-state index contributed by atoms with van der Waals surface area (Å²) >= 11 is 0. The Hall–Kier alpha value is -0.530. The first-order chi connectivity index (χ1) is 10.7. The van der Waals surface area contributed by atoms with Crippen molar-refractivity contribution in [2.24, 2.45) is 5.92 Å². The third-order valence-electron chi connectivity index (χ3n) is 4.17. The number of carbonyl (C=O) groups is 1. The molecule has 0 aliphatic rings. The summed E-state index contributed by atoms with van der Waals surface area (Å²) in [5, 5.41) is 0. The van der Waals surface area contributed by atoms with E-state index in [9.17, 15) is 4.79 Å². The van der Waals surface area contributed by atoms with Crippen LogP contribution in [0.25, 0.3) is 0 Å². The Kier molecular flexibility index (Phi) is 16.4. The summed E-state index contributed by atoms with van der Waals surface area (Å²) < 4.78 is 5.24. The maximum absolute atomic E-state index is 11.4. The number of hydrogen-bond acceptors (Lipinski definition) is 2. The molecule has 0 fully saturated rings. The highest BCUT2D eigenvalue weighted by Gasteiger charge is 2.01. The fourth-order valence-corrected chi connectivity index (χ4v) is 2.67. The van der Waals surface area contributed by atoms with Crippen molar-refractivity contribution in [2.75, 3.05) is 6.61 Å². The molecule has 22 heavy (non-hydrogen) atoms. The van der Waals surface area contributed by atoms with Crippen LogP contribution in [-0.2, 0) is 9.53 Å². The Balaban J connectivity index is 3.09. The molecule has 0 rings (SSSR count). The maximum atomic E-state index is 11.4. The molecule has 0 unspecified atom stereocenters. The van der Waals surface area contributed by atoms with Gasteiger partial charge in [0.1, 0.15) is 0 Å². The minimum atomic E-state index is -0.00477. The van der Waals surface area contributed by atoms with Crippen LogP contribution in [0.1, 0.15) is 111 Å². The smallest absolute Gasteiger partial charge is 0.305 e. The second-order valence-corrected chi connectivity index (χ2v) is 7.04. The van der Waals surface area contributed by atoms with Gasteiger partial charge < -0.3 is 4.74 Å². The van der Waals surface area contributed by atoms with Gasteiger partial charge in [0.15, 0.2) is 0 Å². The lowest BCUT2D eigenvalue weighted by molar-refractivity contribution is -0.143. The first-order valence-corrected chi connectivity index (χ1v) is 9.82. The molecule has 0 bridgehead atoms. The quantitative estimate of drug-likeness (QED) is 0.235. The number of esters is 1. The van der Waals surface area contributed by atoms with Gasteiger partial charge in [0.05, 0.1) is 6.61 Å². The van der Waals surface area contributed by atoms with Gasteiger partial charge in [-0.2, -0.15) is 0 Å². The molecule has 2 nitrogen and oxygen atoms in total. The molecular weight excluding hydrogens is 272 g/mol. The maximum Gasteiger partial charge on any atom is 0.305 e. The molecule has 0 aliphatic carbocycles. The topological polar surface area (TPSA) is 26.3 Å². The van der Waals surface area contributed by atoms with Gasteiger partial charge in [-0.1, -0.05) is 91.4 Å². The lowest BCUT2D eigenvalue weighted by Crippen LogP contribution is -2.05. The normalized spacial score (nSPS) is 11.1. The van der Waals surface area contributed by atoms with Crippen LogP contribution in [0.4, 0.5) is 0 Å². The Morgan fingerprint density at radius 2 is 1.32 bits per heavy atom. The number of rotatable bonds is 16. The molecule has 0 aromatic heterocycles.